The van der Waals surface area contributed by atoms with Gasteiger partial charge in [0.2, 0.25) is 0 Å². The van der Waals surface area contributed by atoms with Crippen molar-refractivity contribution in [1.29, 1.82) is 0 Å². The lowest BCUT2D eigenvalue weighted by atomic mass is 9.77. The molecule has 0 bridgehead atoms. The number of aromatic nitrogens is 2. The summed E-state index contributed by atoms with van der Waals surface area (Å²) in [4.78, 5) is 22.2. The highest BCUT2D eigenvalue weighted by Crippen LogP contribution is 2.42. The summed E-state index contributed by atoms with van der Waals surface area (Å²) < 4.78 is 5.98. The first-order chi connectivity index (χ1) is 11.2. The van der Waals surface area contributed by atoms with E-state index < -0.39 is 0 Å². The lowest BCUT2D eigenvalue weighted by molar-refractivity contribution is -0.00175. The van der Waals surface area contributed by atoms with Gasteiger partial charge in [-0.3, -0.25) is 9.78 Å². The SMILES string of the molecule is O=C(c1cnccn1)N1CC2(CO[C@@H](Cc3ccccc3)C2)C1. The molecule has 1 aromatic carbocycles. The van der Waals surface area contributed by atoms with Gasteiger partial charge in [0.05, 0.1) is 18.9 Å². The van der Waals surface area contributed by atoms with Crippen molar-refractivity contribution in [2.45, 2.75) is 18.9 Å². The lowest BCUT2D eigenvalue weighted by Crippen LogP contribution is -2.59. The van der Waals surface area contributed by atoms with Crippen molar-refractivity contribution >= 4 is 5.91 Å². The molecule has 1 amide bonds. The monoisotopic (exact) mass is 309 g/mol. The van der Waals surface area contributed by atoms with Crippen LogP contribution in [-0.2, 0) is 11.2 Å². The number of carbonyl (C=O) groups excluding carboxylic acids is 1. The van der Waals surface area contributed by atoms with Gasteiger partial charge in [-0.1, -0.05) is 30.3 Å². The number of carbonyl (C=O) groups is 1. The molecule has 118 valence electrons. The maximum Gasteiger partial charge on any atom is 0.274 e. The lowest BCUT2D eigenvalue weighted by Gasteiger charge is -2.47. The predicted octanol–water partition coefficient (Wildman–Crippen LogP) is 1.95. The Bertz CT molecular complexity index is 684. The van der Waals surface area contributed by atoms with Crippen LogP contribution in [0.3, 0.4) is 0 Å². The Morgan fingerprint density at radius 1 is 1.26 bits per heavy atom. The molecule has 2 fully saturated rings. The summed E-state index contributed by atoms with van der Waals surface area (Å²) in [7, 11) is 0. The van der Waals surface area contributed by atoms with Crippen LogP contribution in [-0.4, -0.2) is 46.6 Å². The number of hydrogen-bond donors (Lipinski definition) is 0. The Morgan fingerprint density at radius 3 is 2.83 bits per heavy atom. The third-order valence-electron chi connectivity index (χ3n) is 4.71. The van der Waals surface area contributed by atoms with Crippen LogP contribution in [0.15, 0.2) is 48.9 Å². The fourth-order valence-electron chi connectivity index (χ4n) is 3.60. The molecule has 1 spiro atoms. The standard InChI is InChI=1S/C18H19N3O2/c22-17(16-10-19-6-7-20-16)21-11-18(12-21)9-15(23-13-18)8-14-4-2-1-3-5-14/h1-7,10,15H,8-9,11-13H2/t15-/m0/s1. The molecule has 5 heteroatoms. The van der Waals surface area contributed by atoms with E-state index in [1.165, 1.54) is 11.8 Å². The van der Waals surface area contributed by atoms with E-state index in [2.05, 4.69) is 34.2 Å². The molecule has 2 saturated heterocycles. The second kappa shape index (κ2) is 5.74. The third-order valence-corrected chi connectivity index (χ3v) is 4.71. The smallest absolute Gasteiger partial charge is 0.274 e. The maximum absolute atomic E-state index is 12.3. The summed E-state index contributed by atoms with van der Waals surface area (Å²) in [6, 6.07) is 10.4. The molecule has 0 N–H and O–H groups in total. The van der Waals surface area contributed by atoms with E-state index in [1.807, 2.05) is 11.0 Å². The minimum absolute atomic E-state index is 0.0322. The predicted molar refractivity (Wildman–Crippen MR) is 84.9 cm³/mol. The average molecular weight is 309 g/mol. The van der Waals surface area contributed by atoms with Gasteiger partial charge in [0.1, 0.15) is 5.69 Å². The van der Waals surface area contributed by atoms with Gasteiger partial charge in [0.25, 0.3) is 5.91 Å². The van der Waals surface area contributed by atoms with Crippen molar-refractivity contribution in [3.05, 3.63) is 60.2 Å². The van der Waals surface area contributed by atoms with Gasteiger partial charge in [-0.15, -0.1) is 0 Å². The van der Waals surface area contributed by atoms with Gasteiger partial charge in [-0.2, -0.15) is 0 Å². The van der Waals surface area contributed by atoms with Crippen molar-refractivity contribution in [2.75, 3.05) is 19.7 Å². The summed E-state index contributed by atoms with van der Waals surface area (Å²) in [6.07, 6.45) is 6.88. The summed E-state index contributed by atoms with van der Waals surface area (Å²) in [6.45, 7) is 2.26. The van der Waals surface area contributed by atoms with E-state index in [0.717, 1.165) is 32.5 Å². The summed E-state index contributed by atoms with van der Waals surface area (Å²) in [5.74, 6) is -0.0322. The summed E-state index contributed by atoms with van der Waals surface area (Å²) in [5, 5.41) is 0. The van der Waals surface area contributed by atoms with E-state index >= 15 is 0 Å². The number of hydrogen-bond acceptors (Lipinski definition) is 4. The van der Waals surface area contributed by atoms with Gasteiger partial charge in [-0.05, 0) is 18.4 Å². The van der Waals surface area contributed by atoms with Crippen molar-refractivity contribution in [1.82, 2.24) is 14.9 Å². The molecule has 2 aliphatic heterocycles. The number of rotatable bonds is 3. The molecule has 0 saturated carbocycles. The largest absolute Gasteiger partial charge is 0.377 e. The highest BCUT2D eigenvalue weighted by Gasteiger charge is 2.50. The van der Waals surface area contributed by atoms with Crippen LogP contribution in [0.25, 0.3) is 0 Å². The van der Waals surface area contributed by atoms with Gasteiger partial charge in [-0.25, -0.2) is 4.98 Å². The van der Waals surface area contributed by atoms with E-state index in [9.17, 15) is 4.79 Å². The minimum atomic E-state index is -0.0322. The number of benzene rings is 1. The highest BCUT2D eigenvalue weighted by molar-refractivity contribution is 5.92. The Hall–Kier alpha value is -2.27. The van der Waals surface area contributed by atoms with Crippen LogP contribution < -0.4 is 0 Å². The van der Waals surface area contributed by atoms with E-state index in [4.69, 9.17) is 4.74 Å². The van der Waals surface area contributed by atoms with Crippen LogP contribution >= 0.6 is 0 Å². The Balaban J connectivity index is 1.34. The van der Waals surface area contributed by atoms with Crippen LogP contribution in [0.1, 0.15) is 22.5 Å². The number of amides is 1. The normalized spacial score (nSPS) is 22.1. The minimum Gasteiger partial charge on any atom is -0.377 e. The summed E-state index contributed by atoms with van der Waals surface area (Å²) >= 11 is 0. The second-order valence-corrected chi connectivity index (χ2v) is 6.58. The molecular weight excluding hydrogens is 290 g/mol. The van der Waals surface area contributed by atoms with Crippen LogP contribution in [0.2, 0.25) is 0 Å². The molecule has 0 radical (unpaired) electrons. The summed E-state index contributed by atoms with van der Waals surface area (Å²) in [5.41, 5.74) is 1.86. The first kappa shape index (κ1) is 14.3. The van der Waals surface area contributed by atoms with Crippen LogP contribution in [0.4, 0.5) is 0 Å². The van der Waals surface area contributed by atoms with Gasteiger partial charge in [0, 0.05) is 30.9 Å². The van der Waals surface area contributed by atoms with E-state index in [1.54, 1.807) is 12.4 Å². The third kappa shape index (κ3) is 2.84. The Kier molecular flexibility index (Phi) is 3.58. The molecule has 4 rings (SSSR count). The molecule has 1 aromatic heterocycles. The first-order valence-corrected chi connectivity index (χ1v) is 7.95. The van der Waals surface area contributed by atoms with Gasteiger partial charge >= 0.3 is 0 Å². The molecule has 0 aliphatic carbocycles. The van der Waals surface area contributed by atoms with Crippen LogP contribution in [0, 0.1) is 5.41 Å². The zero-order valence-electron chi connectivity index (χ0n) is 12.9. The van der Waals surface area contributed by atoms with Gasteiger partial charge < -0.3 is 9.64 Å². The number of nitrogens with zero attached hydrogens (tertiary/aromatic N) is 3. The zero-order chi connectivity index (χ0) is 15.7. The molecule has 2 aromatic rings. The topological polar surface area (TPSA) is 55.3 Å². The molecule has 1 atom stereocenters. The molecule has 0 unspecified atom stereocenters. The Labute approximate surface area is 135 Å². The zero-order valence-corrected chi connectivity index (χ0v) is 12.9. The average Bonchev–Trinajstić information content (AvgIpc) is 2.99. The fraction of sp³-hybridized carbons (Fsp3) is 0.389. The van der Waals surface area contributed by atoms with Crippen molar-refractivity contribution in [2.24, 2.45) is 5.41 Å². The van der Waals surface area contributed by atoms with Crippen molar-refractivity contribution < 1.29 is 9.53 Å². The molecule has 23 heavy (non-hydrogen) atoms. The highest BCUT2D eigenvalue weighted by atomic mass is 16.5. The number of ether oxygens (including phenoxy) is 1. The fourth-order valence-corrected chi connectivity index (χ4v) is 3.60. The maximum atomic E-state index is 12.3. The molecule has 3 heterocycles. The van der Waals surface area contributed by atoms with Crippen molar-refractivity contribution in [3.8, 4) is 0 Å². The molecule has 5 nitrogen and oxygen atoms in total. The van der Waals surface area contributed by atoms with Gasteiger partial charge in [0.15, 0.2) is 0 Å². The molecular formula is C18H19N3O2. The second-order valence-electron chi connectivity index (χ2n) is 6.58. The van der Waals surface area contributed by atoms with Crippen LogP contribution in [0.5, 0.6) is 0 Å². The van der Waals surface area contributed by atoms with Crippen molar-refractivity contribution in [3.63, 3.8) is 0 Å². The first-order valence-electron chi connectivity index (χ1n) is 7.95. The van der Waals surface area contributed by atoms with E-state index in [-0.39, 0.29) is 17.4 Å². The quantitative estimate of drug-likeness (QED) is 0.869. The Morgan fingerprint density at radius 2 is 2.09 bits per heavy atom. The number of likely N-dealkylation sites (tertiary alicyclic amines) is 1. The van der Waals surface area contributed by atoms with E-state index in [0.29, 0.717) is 5.69 Å². The molecule has 2 aliphatic rings.